The van der Waals surface area contributed by atoms with Crippen molar-refractivity contribution in [2.75, 3.05) is 31.1 Å². The summed E-state index contributed by atoms with van der Waals surface area (Å²) in [6.07, 6.45) is 1.74. The van der Waals surface area contributed by atoms with E-state index in [1.165, 1.54) is 0 Å². The second kappa shape index (κ2) is 5.47. The van der Waals surface area contributed by atoms with Crippen molar-refractivity contribution in [1.82, 2.24) is 14.9 Å². The molecule has 0 radical (unpaired) electrons. The molecule has 3 rings (SSSR count). The van der Waals surface area contributed by atoms with E-state index < -0.39 is 23.2 Å². The fraction of sp³-hybridized carbons (Fsp3) is 0.625. The summed E-state index contributed by atoms with van der Waals surface area (Å²) in [6.45, 7) is 8.16. The molecule has 7 nitrogen and oxygen atoms in total. The highest BCUT2D eigenvalue weighted by molar-refractivity contribution is 5.91. The van der Waals surface area contributed by atoms with E-state index >= 15 is 0 Å². The Morgan fingerprint density at radius 1 is 1.22 bits per heavy atom. The van der Waals surface area contributed by atoms with Gasteiger partial charge in [0.15, 0.2) is 0 Å². The van der Waals surface area contributed by atoms with Crippen LogP contribution in [0.4, 0.5) is 5.82 Å². The number of carbonyl (C=O) groups excluding carboxylic acids is 1. The van der Waals surface area contributed by atoms with Crippen LogP contribution in [0.2, 0.25) is 0 Å². The second-order valence-corrected chi connectivity index (χ2v) is 6.89. The normalized spacial score (nSPS) is 26.0. The molecule has 1 saturated heterocycles. The van der Waals surface area contributed by atoms with Crippen molar-refractivity contribution in [3.63, 3.8) is 0 Å². The Hall–Kier alpha value is -2.18. The number of carboxylic acid groups (broad SMARTS) is 1. The van der Waals surface area contributed by atoms with Gasteiger partial charge in [-0.25, -0.2) is 9.97 Å². The quantitative estimate of drug-likeness (QED) is 0.887. The van der Waals surface area contributed by atoms with Gasteiger partial charge in [-0.1, -0.05) is 13.8 Å². The Kier molecular flexibility index (Phi) is 3.74. The van der Waals surface area contributed by atoms with Gasteiger partial charge in [-0.3, -0.25) is 9.59 Å². The largest absolute Gasteiger partial charge is 0.481 e. The first-order valence-corrected chi connectivity index (χ1v) is 7.88. The highest BCUT2D eigenvalue weighted by Gasteiger charge is 2.66. The summed E-state index contributed by atoms with van der Waals surface area (Å²) in [6, 6.07) is 1.87. The van der Waals surface area contributed by atoms with Crippen molar-refractivity contribution in [2.24, 2.45) is 17.3 Å². The first kappa shape index (κ1) is 15.7. The molecule has 1 aliphatic heterocycles. The first-order chi connectivity index (χ1) is 10.8. The number of nitrogens with zero attached hydrogens (tertiary/aromatic N) is 4. The maximum atomic E-state index is 12.6. The van der Waals surface area contributed by atoms with E-state index in [4.69, 9.17) is 0 Å². The minimum absolute atomic E-state index is 0.0269. The van der Waals surface area contributed by atoms with Gasteiger partial charge in [0.1, 0.15) is 11.6 Å². The van der Waals surface area contributed by atoms with Crippen LogP contribution >= 0.6 is 0 Å². The molecule has 2 heterocycles. The van der Waals surface area contributed by atoms with Crippen LogP contribution in [0.25, 0.3) is 0 Å². The molecule has 0 aromatic carbocycles. The Balaban J connectivity index is 1.61. The van der Waals surface area contributed by atoms with Crippen molar-refractivity contribution in [2.45, 2.75) is 20.8 Å². The zero-order chi connectivity index (χ0) is 16.8. The molecule has 2 aliphatic rings. The van der Waals surface area contributed by atoms with Crippen LogP contribution in [0.1, 0.15) is 19.7 Å². The number of hydrogen-bond donors (Lipinski definition) is 1. The van der Waals surface area contributed by atoms with Crippen molar-refractivity contribution in [1.29, 1.82) is 0 Å². The smallest absolute Gasteiger partial charge is 0.307 e. The first-order valence-electron chi connectivity index (χ1n) is 7.88. The van der Waals surface area contributed by atoms with Crippen LogP contribution in [0.3, 0.4) is 0 Å². The number of carboxylic acids is 1. The highest BCUT2D eigenvalue weighted by atomic mass is 16.4. The molecule has 7 heteroatoms. The zero-order valence-corrected chi connectivity index (χ0v) is 13.7. The molecule has 2 atom stereocenters. The number of piperazine rings is 1. The number of amides is 1. The number of hydrogen-bond acceptors (Lipinski definition) is 5. The fourth-order valence-corrected chi connectivity index (χ4v) is 3.53. The lowest BCUT2D eigenvalue weighted by Gasteiger charge is -2.35. The van der Waals surface area contributed by atoms with Crippen LogP contribution in [-0.4, -0.2) is 58.0 Å². The molecule has 23 heavy (non-hydrogen) atoms. The average molecular weight is 318 g/mol. The number of carbonyl (C=O) groups is 2. The van der Waals surface area contributed by atoms with Crippen molar-refractivity contribution in [3.05, 3.63) is 18.1 Å². The molecule has 1 aromatic heterocycles. The molecule has 1 aromatic rings. The number of rotatable bonds is 3. The molecule has 1 amide bonds. The van der Waals surface area contributed by atoms with Gasteiger partial charge < -0.3 is 14.9 Å². The topological polar surface area (TPSA) is 86.6 Å². The average Bonchev–Trinajstić information content (AvgIpc) is 3.09. The molecule has 0 bridgehead atoms. The molecule has 124 valence electrons. The summed E-state index contributed by atoms with van der Waals surface area (Å²) in [7, 11) is 0. The highest BCUT2D eigenvalue weighted by Crippen LogP contribution is 2.59. The van der Waals surface area contributed by atoms with E-state index in [0.717, 1.165) is 11.6 Å². The van der Waals surface area contributed by atoms with E-state index in [0.29, 0.717) is 26.2 Å². The third kappa shape index (κ3) is 2.75. The number of aryl methyl sites for hydroxylation is 1. The van der Waals surface area contributed by atoms with E-state index in [1.54, 1.807) is 11.1 Å². The van der Waals surface area contributed by atoms with Gasteiger partial charge in [0.2, 0.25) is 5.91 Å². The lowest BCUT2D eigenvalue weighted by atomic mass is 10.1. The molecule has 1 N–H and O–H groups in total. The van der Waals surface area contributed by atoms with E-state index in [1.807, 2.05) is 26.8 Å². The maximum Gasteiger partial charge on any atom is 0.307 e. The molecular formula is C16H22N4O3. The van der Waals surface area contributed by atoms with Gasteiger partial charge in [-0.2, -0.15) is 0 Å². The summed E-state index contributed by atoms with van der Waals surface area (Å²) >= 11 is 0. The van der Waals surface area contributed by atoms with Gasteiger partial charge in [0.25, 0.3) is 0 Å². The van der Waals surface area contributed by atoms with Gasteiger partial charge in [-0.15, -0.1) is 0 Å². The molecule has 2 fully saturated rings. The third-order valence-electron chi connectivity index (χ3n) is 5.04. The van der Waals surface area contributed by atoms with Crippen LogP contribution in [0, 0.1) is 24.2 Å². The van der Waals surface area contributed by atoms with Crippen molar-refractivity contribution < 1.29 is 14.7 Å². The second-order valence-electron chi connectivity index (χ2n) is 6.89. The summed E-state index contributed by atoms with van der Waals surface area (Å²) in [4.78, 5) is 36.3. The maximum absolute atomic E-state index is 12.6. The fourth-order valence-electron chi connectivity index (χ4n) is 3.53. The summed E-state index contributed by atoms with van der Waals surface area (Å²) in [5.74, 6) is -0.250. The Morgan fingerprint density at radius 2 is 1.87 bits per heavy atom. The van der Waals surface area contributed by atoms with Crippen LogP contribution in [-0.2, 0) is 9.59 Å². The van der Waals surface area contributed by atoms with Crippen LogP contribution in [0.15, 0.2) is 12.3 Å². The van der Waals surface area contributed by atoms with Crippen molar-refractivity contribution >= 4 is 17.7 Å². The van der Waals surface area contributed by atoms with Gasteiger partial charge >= 0.3 is 5.97 Å². The predicted molar refractivity (Wildman–Crippen MR) is 84.0 cm³/mol. The lowest BCUT2D eigenvalue weighted by molar-refractivity contribution is -0.142. The van der Waals surface area contributed by atoms with Crippen LogP contribution in [0.5, 0.6) is 0 Å². The third-order valence-corrected chi connectivity index (χ3v) is 5.04. The Bertz CT molecular complexity index is 638. The minimum atomic E-state index is -0.872. The zero-order valence-electron chi connectivity index (χ0n) is 13.7. The van der Waals surface area contributed by atoms with E-state index in [9.17, 15) is 14.7 Å². The molecule has 1 saturated carbocycles. The summed E-state index contributed by atoms with van der Waals surface area (Å²) in [5.41, 5.74) is -0.441. The van der Waals surface area contributed by atoms with Gasteiger partial charge in [0, 0.05) is 32.4 Å². The molecule has 0 spiro atoms. The number of aliphatic carboxylic acids is 1. The monoisotopic (exact) mass is 318 g/mol. The Morgan fingerprint density at radius 3 is 2.39 bits per heavy atom. The molecule has 1 aliphatic carbocycles. The van der Waals surface area contributed by atoms with Crippen molar-refractivity contribution in [3.8, 4) is 0 Å². The van der Waals surface area contributed by atoms with Gasteiger partial charge in [0.05, 0.1) is 11.8 Å². The predicted octanol–water partition coefficient (Wildman–Crippen LogP) is 0.790. The number of anilines is 1. The number of aromatic nitrogens is 2. The standard InChI is InChI=1S/C16H22N4O3/c1-10-17-5-4-11(18-10)19-6-8-20(9-7-19)14(21)12-13(15(22)23)16(12,2)3/h4-5,12-13H,6-9H2,1-3H3,(H,22,23)/t12-,13+/m0/s1. The van der Waals surface area contributed by atoms with Crippen LogP contribution < -0.4 is 4.90 Å². The summed E-state index contributed by atoms with van der Waals surface area (Å²) in [5, 5.41) is 9.23. The molecular weight excluding hydrogens is 296 g/mol. The van der Waals surface area contributed by atoms with E-state index in [2.05, 4.69) is 14.9 Å². The van der Waals surface area contributed by atoms with E-state index in [-0.39, 0.29) is 5.91 Å². The Labute approximate surface area is 135 Å². The SMILES string of the molecule is Cc1nccc(N2CCN(C(=O)[C@@H]3[C@H](C(=O)O)C3(C)C)CC2)n1. The van der Waals surface area contributed by atoms with Gasteiger partial charge in [-0.05, 0) is 18.4 Å². The lowest BCUT2D eigenvalue weighted by Crippen LogP contribution is -2.50. The molecule has 0 unspecified atom stereocenters. The minimum Gasteiger partial charge on any atom is -0.481 e. The summed E-state index contributed by atoms with van der Waals surface area (Å²) < 4.78 is 0.